The van der Waals surface area contributed by atoms with Crippen molar-refractivity contribution in [3.63, 3.8) is 0 Å². The van der Waals surface area contributed by atoms with Crippen molar-refractivity contribution < 1.29 is 13.6 Å². The average molecular weight is 346 g/mol. The average Bonchev–Trinajstić information content (AvgIpc) is 2.64. The summed E-state index contributed by atoms with van der Waals surface area (Å²) >= 11 is 0. The molecule has 1 atom stereocenters. The number of hydrogen-bond donors (Lipinski definition) is 1. The van der Waals surface area contributed by atoms with Gasteiger partial charge in [0.1, 0.15) is 17.8 Å². The molecule has 1 aliphatic rings. The molecule has 7 heteroatoms. The van der Waals surface area contributed by atoms with Crippen LogP contribution in [0.3, 0.4) is 0 Å². The predicted octanol–water partition coefficient (Wildman–Crippen LogP) is 3.78. The van der Waals surface area contributed by atoms with Gasteiger partial charge in [-0.1, -0.05) is 6.92 Å². The summed E-state index contributed by atoms with van der Waals surface area (Å²) in [7, 11) is 0. The fraction of sp³-hybridized carbons (Fsp3) is 0.389. The van der Waals surface area contributed by atoms with Gasteiger partial charge < -0.3 is 10.2 Å². The lowest BCUT2D eigenvalue weighted by Gasteiger charge is -2.36. The Balaban J connectivity index is 1.78. The summed E-state index contributed by atoms with van der Waals surface area (Å²) in [5, 5.41) is 2.53. The summed E-state index contributed by atoms with van der Waals surface area (Å²) in [5.74, 6) is -1.74. The van der Waals surface area contributed by atoms with Gasteiger partial charge in [0.05, 0.1) is 0 Å². The molecule has 132 valence electrons. The van der Waals surface area contributed by atoms with E-state index in [4.69, 9.17) is 0 Å². The van der Waals surface area contributed by atoms with E-state index < -0.39 is 17.5 Å². The molecule has 1 fully saturated rings. The summed E-state index contributed by atoms with van der Waals surface area (Å²) < 4.78 is 26.2. The van der Waals surface area contributed by atoms with Gasteiger partial charge in [0.15, 0.2) is 11.6 Å². The van der Waals surface area contributed by atoms with Gasteiger partial charge in [0.2, 0.25) is 0 Å². The summed E-state index contributed by atoms with van der Waals surface area (Å²) in [6.07, 6.45) is 5.77. The first-order valence-electron chi connectivity index (χ1n) is 8.43. The van der Waals surface area contributed by atoms with Gasteiger partial charge in [0, 0.05) is 30.4 Å². The molecule has 0 bridgehead atoms. The number of benzene rings is 1. The second-order valence-electron chi connectivity index (χ2n) is 6.10. The van der Waals surface area contributed by atoms with Crippen molar-refractivity contribution in [3.05, 3.63) is 47.9 Å². The zero-order valence-electron chi connectivity index (χ0n) is 14.0. The number of rotatable bonds is 4. The largest absolute Gasteiger partial charge is 0.354 e. The molecule has 1 unspecified atom stereocenters. The van der Waals surface area contributed by atoms with E-state index in [-0.39, 0.29) is 11.4 Å². The quantitative estimate of drug-likeness (QED) is 0.915. The lowest BCUT2D eigenvalue weighted by molar-refractivity contribution is 0.102. The Hall–Kier alpha value is -2.57. The van der Waals surface area contributed by atoms with Crippen molar-refractivity contribution in [1.82, 2.24) is 9.97 Å². The number of nitrogens with one attached hydrogen (secondary N) is 1. The molecule has 25 heavy (non-hydrogen) atoms. The Morgan fingerprint density at radius 2 is 2.08 bits per heavy atom. The highest BCUT2D eigenvalue weighted by atomic mass is 19.2. The van der Waals surface area contributed by atoms with Crippen LogP contribution >= 0.6 is 0 Å². The van der Waals surface area contributed by atoms with Crippen molar-refractivity contribution in [3.8, 4) is 0 Å². The van der Waals surface area contributed by atoms with Crippen LogP contribution in [0.25, 0.3) is 0 Å². The number of halogens is 2. The summed E-state index contributed by atoms with van der Waals surface area (Å²) in [6.45, 7) is 3.04. The van der Waals surface area contributed by atoms with Gasteiger partial charge in [-0.05, 0) is 37.8 Å². The standard InChI is InChI=1S/C18H20F2N4O/c1-2-13-5-3-4-8-24(13)17-10-16(21-11-22-17)18(25)23-12-6-7-14(19)15(20)9-12/h6-7,9-11,13H,2-5,8H2,1H3,(H,23,25). The van der Waals surface area contributed by atoms with Crippen molar-refractivity contribution in [1.29, 1.82) is 0 Å². The SMILES string of the molecule is CCC1CCCCN1c1cc(C(=O)Nc2ccc(F)c(F)c2)ncn1. The van der Waals surface area contributed by atoms with Gasteiger partial charge >= 0.3 is 0 Å². The molecular weight excluding hydrogens is 326 g/mol. The number of hydrogen-bond acceptors (Lipinski definition) is 4. The highest BCUT2D eigenvalue weighted by Crippen LogP contribution is 2.25. The number of carbonyl (C=O) groups excluding carboxylic acids is 1. The van der Waals surface area contributed by atoms with E-state index in [1.807, 2.05) is 0 Å². The molecule has 1 aliphatic heterocycles. The minimum absolute atomic E-state index is 0.175. The highest BCUT2D eigenvalue weighted by Gasteiger charge is 2.23. The van der Waals surface area contributed by atoms with Gasteiger partial charge in [-0.15, -0.1) is 0 Å². The van der Waals surface area contributed by atoms with Crippen molar-refractivity contribution in [2.75, 3.05) is 16.8 Å². The van der Waals surface area contributed by atoms with E-state index in [2.05, 4.69) is 27.1 Å². The van der Waals surface area contributed by atoms with Crippen LogP contribution in [0.15, 0.2) is 30.6 Å². The van der Waals surface area contributed by atoms with E-state index in [0.29, 0.717) is 6.04 Å². The van der Waals surface area contributed by atoms with Crippen LogP contribution < -0.4 is 10.2 Å². The zero-order valence-corrected chi connectivity index (χ0v) is 14.0. The third kappa shape index (κ3) is 3.92. The van der Waals surface area contributed by atoms with E-state index >= 15 is 0 Å². The molecule has 2 heterocycles. The van der Waals surface area contributed by atoms with Crippen molar-refractivity contribution in [2.45, 2.75) is 38.6 Å². The second-order valence-corrected chi connectivity index (χ2v) is 6.10. The third-order valence-corrected chi connectivity index (χ3v) is 4.46. The molecule has 2 aromatic rings. The topological polar surface area (TPSA) is 58.1 Å². The molecule has 3 rings (SSSR count). The molecule has 0 aliphatic carbocycles. The van der Waals surface area contributed by atoms with E-state index in [1.54, 1.807) is 6.07 Å². The maximum atomic E-state index is 13.3. The van der Waals surface area contributed by atoms with Crippen LogP contribution in [0.2, 0.25) is 0 Å². The molecule has 1 saturated heterocycles. The summed E-state index contributed by atoms with van der Waals surface area (Å²) in [4.78, 5) is 22.9. The Morgan fingerprint density at radius 3 is 2.84 bits per heavy atom. The van der Waals surface area contributed by atoms with Gasteiger partial charge in [-0.2, -0.15) is 0 Å². The lowest BCUT2D eigenvalue weighted by atomic mass is 10.00. The number of carbonyl (C=O) groups is 1. The number of amides is 1. The molecule has 0 saturated carbocycles. The van der Waals surface area contributed by atoms with E-state index in [1.165, 1.54) is 18.8 Å². The molecule has 1 N–H and O–H groups in total. The normalized spacial score (nSPS) is 17.4. The zero-order chi connectivity index (χ0) is 17.8. The second kappa shape index (κ2) is 7.55. The first-order valence-corrected chi connectivity index (χ1v) is 8.43. The van der Waals surface area contributed by atoms with Crippen LogP contribution in [0.4, 0.5) is 20.3 Å². The van der Waals surface area contributed by atoms with E-state index in [0.717, 1.165) is 43.8 Å². The summed E-state index contributed by atoms with van der Waals surface area (Å²) in [6, 6.07) is 5.26. The fourth-order valence-corrected chi connectivity index (χ4v) is 3.12. The molecule has 0 radical (unpaired) electrons. The van der Waals surface area contributed by atoms with Gasteiger partial charge in [0.25, 0.3) is 5.91 Å². The Bertz CT molecular complexity index is 768. The Labute approximate surface area is 145 Å². The van der Waals surface area contributed by atoms with Gasteiger partial charge in [-0.3, -0.25) is 4.79 Å². The van der Waals surface area contributed by atoms with Crippen LogP contribution in [0.5, 0.6) is 0 Å². The minimum Gasteiger partial charge on any atom is -0.354 e. The van der Waals surface area contributed by atoms with Crippen LogP contribution in [-0.2, 0) is 0 Å². The van der Waals surface area contributed by atoms with Crippen LogP contribution in [0, 0.1) is 11.6 Å². The van der Waals surface area contributed by atoms with Crippen molar-refractivity contribution in [2.24, 2.45) is 0 Å². The molecule has 1 aromatic carbocycles. The van der Waals surface area contributed by atoms with E-state index in [9.17, 15) is 13.6 Å². The van der Waals surface area contributed by atoms with Crippen LogP contribution in [-0.4, -0.2) is 28.5 Å². The maximum absolute atomic E-state index is 13.3. The maximum Gasteiger partial charge on any atom is 0.274 e. The summed E-state index contributed by atoms with van der Waals surface area (Å²) in [5.41, 5.74) is 0.364. The lowest BCUT2D eigenvalue weighted by Crippen LogP contribution is -2.39. The number of anilines is 2. The molecule has 1 amide bonds. The first kappa shape index (κ1) is 17.3. The number of aromatic nitrogens is 2. The van der Waals surface area contributed by atoms with Crippen molar-refractivity contribution >= 4 is 17.4 Å². The molecule has 1 aromatic heterocycles. The monoisotopic (exact) mass is 346 g/mol. The van der Waals surface area contributed by atoms with Gasteiger partial charge in [-0.25, -0.2) is 18.7 Å². The molecule has 5 nitrogen and oxygen atoms in total. The predicted molar refractivity (Wildman–Crippen MR) is 91.6 cm³/mol. The minimum atomic E-state index is -1.01. The third-order valence-electron chi connectivity index (χ3n) is 4.46. The number of piperidine rings is 1. The van der Waals surface area contributed by atoms with Crippen LogP contribution in [0.1, 0.15) is 43.1 Å². The Morgan fingerprint density at radius 1 is 1.24 bits per heavy atom. The highest BCUT2D eigenvalue weighted by molar-refractivity contribution is 6.03. The Kier molecular flexibility index (Phi) is 5.21. The number of nitrogens with zero attached hydrogens (tertiary/aromatic N) is 3. The first-order chi connectivity index (χ1) is 12.1. The smallest absolute Gasteiger partial charge is 0.274 e. The fourth-order valence-electron chi connectivity index (χ4n) is 3.12. The molecular formula is C18H20F2N4O. The molecule has 0 spiro atoms.